The van der Waals surface area contributed by atoms with Gasteiger partial charge in [0.2, 0.25) is 0 Å². The van der Waals surface area contributed by atoms with Crippen molar-refractivity contribution >= 4 is 22.5 Å². The zero-order valence-corrected chi connectivity index (χ0v) is 5.93. The third kappa shape index (κ3) is 24700. The molecular weight excluding hydrogens is 97.0 g/mol. The Hall–Kier alpha value is -0.0375. The highest BCUT2D eigenvalue weighted by molar-refractivity contribution is 6.02. The summed E-state index contributed by atoms with van der Waals surface area (Å²) >= 11 is 0.806. The first-order valence-electron chi connectivity index (χ1n) is 1.51. The molecule has 0 aromatic rings. The van der Waals surface area contributed by atoms with Crippen molar-refractivity contribution in [3.8, 4) is 0 Å². The summed E-state index contributed by atoms with van der Waals surface area (Å²) in [6, 6.07) is 0. The van der Waals surface area contributed by atoms with Crippen molar-refractivity contribution in [2.24, 2.45) is 4.72 Å². The number of hydrogen-bond donors (Lipinski definition) is 2. The van der Waals surface area contributed by atoms with Crippen LogP contribution in [0.3, 0.4) is 0 Å². The Bertz CT molecular complexity index is 34.5. The molecule has 0 unspecified atom stereocenters. The molecule has 0 saturated heterocycles. The molecule has 0 spiro atoms. The van der Waals surface area contributed by atoms with Crippen molar-refractivity contribution in [3.63, 3.8) is 0 Å². The van der Waals surface area contributed by atoms with Crippen LogP contribution < -0.4 is 4.72 Å². The van der Waals surface area contributed by atoms with Crippen molar-refractivity contribution in [1.82, 2.24) is 0 Å². The summed E-state index contributed by atoms with van der Waals surface area (Å²) in [6.07, 6.45) is 0. The van der Waals surface area contributed by atoms with Gasteiger partial charge in [-0.3, -0.25) is 4.79 Å². The molecule has 0 heterocycles. The smallest absolute Gasteiger partial charge is 0.316 e. The van der Waals surface area contributed by atoms with Crippen molar-refractivity contribution in [2.75, 3.05) is 0 Å². The molecule has 0 atom stereocenters. The van der Waals surface area contributed by atoms with E-state index in [4.69, 9.17) is 9.90 Å². The van der Waals surface area contributed by atoms with Gasteiger partial charge in [0.15, 0.2) is 0 Å². The van der Waals surface area contributed by atoms with Crippen molar-refractivity contribution in [1.29, 1.82) is 0 Å². The molecular formula is C2H8AlNO2. The van der Waals surface area contributed by atoms with Gasteiger partial charge in [0.05, 0.1) is 0 Å². The third-order valence-electron chi connectivity index (χ3n) is 0. The number of rotatable bonds is 0. The van der Waals surface area contributed by atoms with E-state index >= 15 is 0 Å². The summed E-state index contributed by atoms with van der Waals surface area (Å²) in [5, 5.41) is 7.42. The van der Waals surface area contributed by atoms with E-state index in [2.05, 4.69) is 4.72 Å². The number of carboxylic acids is 1. The van der Waals surface area contributed by atoms with E-state index in [1.54, 1.807) is 0 Å². The molecule has 0 radical (unpaired) electrons. The quantitative estimate of drug-likeness (QED) is 0.372. The van der Waals surface area contributed by atoms with Crippen LogP contribution in [0, 0.1) is 0 Å². The van der Waals surface area contributed by atoms with Gasteiger partial charge >= 0.3 is 16.5 Å². The van der Waals surface area contributed by atoms with Crippen molar-refractivity contribution in [3.05, 3.63) is 0 Å². The summed E-state index contributed by atoms with van der Waals surface area (Å²) in [6.45, 7) is 1.08. The van der Waals surface area contributed by atoms with Gasteiger partial charge in [-0.05, 0) is 0 Å². The summed E-state index contributed by atoms with van der Waals surface area (Å²) in [5.74, 6) is -0.833. The zero-order valence-electron chi connectivity index (χ0n) is 3.93. The van der Waals surface area contributed by atoms with Crippen LogP contribution in [0.15, 0.2) is 0 Å². The average Bonchev–Trinajstić information content (AvgIpc) is 1.41. The molecule has 6 heavy (non-hydrogen) atoms. The summed E-state index contributed by atoms with van der Waals surface area (Å²) in [7, 11) is 0. The molecule has 3 nitrogen and oxygen atoms in total. The Morgan fingerprint density at radius 1 is 1.83 bits per heavy atom. The van der Waals surface area contributed by atoms with Gasteiger partial charge in [-0.25, -0.2) is 0 Å². The lowest BCUT2D eigenvalue weighted by Gasteiger charge is -1.59. The van der Waals surface area contributed by atoms with E-state index in [1.165, 1.54) is 0 Å². The summed E-state index contributed by atoms with van der Waals surface area (Å²) in [5.41, 5.74) is 0. The van der Waals surface area contributed by atoms with E-state index < -0.39 is 5.97 Å². The molecule has 3 N–H and O–H groups in total. The molecule has 4 heteroatoms. The van der Waals surface area contributed by atoms with Gasteiger partial charge in [0, 0.05) is 6.92 Å². The first kappa shape index (κ1) is 9.35. The fourth-order valence-electron chi connectivity index (χ4n) is 0. The number of carboxylic acid groups (broad SMARTS) is 1. The Morgan fingerprint density at radius 3 is 1.83 bits per heavy atom. The fraction of sp³-hybridized carbons (Fsp3) is 0.500. The van der Waals surface area contributed by atoms with Gasteiger partial charge < -0.3 is 9.82 Å². The van der Waals surface area contributed by atoms with Crippen LogP contribution in [0.4, 0.5) is 0 Å². The Morgan fingerprint density at radius 2 is 1.83 bits per heavy atom. The minimum absolute atomic E-state index is 0.806. The molecule has 0 aliphatic heterocycles. The van der Waals surface area contributed by atoms with Crippen molar-refractivity contribution in [2.45, 2.75) is 6.92 Å². The van der Waals surface area contributed by atoms with Gasteiger partial charge in [0.1, 0.15) is 0 Å². The zero-order chi connectivity index (χ0) is 5.58. The molecule has 0 fully saturated rings. The minimum atomic E-state index is -0.833. The molecule has 0 aromatic carbocycles. The van der Waals surface area contributed by atoms with Gasteiger partial charge in [-0.1, -0.05) is 0 Å². The lowest BCUT2D eigenvalue weighted by atomic mass is 10.9. The molecule has 0 rings (SSSR count). The predicted octanol–water partition coefficient (Wildman–Crippen LogP) is -1.42. The molecule has 0 aliphatic rings. The fourth-order valence-corrected chi connectivity index (χ4v) is 0. The number of nitrogens with two attached hydrogens (primary N) is 1. The van der Waals surface area contributed by atoms with Gasteiger partial charge in [-0.2, -0.15) is 0 Å². The molecule has 0 amide bonds. The first-order chi connectivity index (χ1) is 2.73. The second-order valence-corrected chi connectivity index (χ2v) is 0.519. The van der Waals surface area contributed by atoms with Crippen LogP contribution in [-0.2, 0) is 4.79 Å². The van der Waals surface area contributed by atoms with Crippen LogP contribution >= 0.6 is 0 Å². The summed E-state index contributed by atoms with van der Waals surface area (Å²) in [4.78, 5) is 9.00. The maximum atomic E-state index is 9.00. The Kier molecular flexibility index (Phi) is 13.8. The average molecular weight is 105 g/mol. The Balaban J connectivity index is 0. The topological polar surface area (TPSA) is 63.3 Å². The van der Waals surface area contributed by atoms with Gasteiger partial charge in [0.25, 0.3) is 5.97 Å². The molecule has 0 aromatic heterocycles. The number of aliphatic carboxylic acids is 1. The monoisotopic (exact) mass is 105 g/mol. The van der Waals surface area contributed by atoms with E-state index in [9.17, 15) is 0 Å². The van der Waals surface area contributed by atoms with Crippen molar-refractivity contribution < 1.29 is 9.90 Å². The first-order valence-corrected chi connectivity index (χ1v) is 2.66. The van der Waals surface area contributed by atoms with E-state index in [-0.39, 0.29) is 0 Å². The van der Waals surface area contributed by atoms with Crippen LogP contribution in [0.2, 0.25) is 0 Å². The standard InChI is InChI=1S/C2H4O2.Al.H2N.2H/c1-2(3)4;;;;/h1H3,(H,3,4);;1H2;;/q;+1;-1;;. The number of carbonyl (C=O) groups is 1. The van der Waals surface area contributed by atoms with Crippen LogP contribution in [-0.4, -0.2) is 27.6 Å². The normalized spacial score (nSPS) is 5.00. The van der Waals surface area contributed by atoms with Crippen LogP contribution in [0.25, 0.3) is 0 Å². The lowest BCUT2D eigenvalue weighted by Crippen LogP contribution is -1.78. The van der Waals surface area contributed by atoms with E-state index in [0.717, 1.165) is 23.4 Å². The molecule has 36 valence electrons. The van der Waals surface area contributed by atoms with E-state index in [1.807, 2.05) is 0 Å². The predicted molar refractivity (Wildman–Crippen MR) is 26.0 cm³/mol. The minimum Gasteiger partial charge on any atom is -0.481 e. The van der Waals surface area contributed by atoms with Crippen LogP contribution in [0.1, 0.15) is 6.92 Å². The highest BCUT2D eigenvalue weighted by Gasteiger charge is 1.65. The SMILES string of the molecule is CC(=O)O.[NH2][AlH2]. The Labute approximate surface area is 44.8 Å². The maximum absolute atomic E-state index is 9.00. The van der Waals surface area contributed by atoms with E-state index in [0.29, 0.717) is 0 Å². The highest BCUT2D eigenvalue weighted by atomic mass is 27.1. The molecule has 0 bridgehead atoms. The molecule has 0 aliphatic carbocycles. The third-order valence-corrected chi connectivity index (χ3v) is 0. The summed E-state index contributed by atoms with van der Waals surface area (Å²) < 4.78 is 4.64. The number of hydrogen-bond acceptors (Lipinski definition) is 2. The maximum Gasteiger partial charge on any atom is 0.316 e. The van der Waals surface area contributed by atoms with Crippen LogP contribution in [0.5, 0.6) is 0 Å². The highest BCUT2D eigenvalue weighted by Crippen LogP contribution is 1.42. The largest absolute Gasteiger partial charge is 0.481 e. The second-order valence-electron chi connectivity index (χ2n) is 0.519. The van der Waals surface area contributed by atoms with Gasteiger partial charge in [-0.15, -0.1) is 0 Å². The second kappa shape index (κ2) is 8.88. The molecule has 0 saturated carbocycles. The lowest BCUT2D eigenvalue weighted by molar-refractivity contribution is -0.134.